The molecule has 1 amide bonds. The Kier molecular flexibility index (Phi) is 5.29. The average Bonchev–Trinajstić information content (AvgIpc) is 3.32. The molecule has 1 aliphatic rings. The van der Waals surface area contributed by atoms with Gasteiger partial charge in [0.15, 0.2) is 0 Å². The van der Waals surface area contributed by atoms with E-state index < -0.39 is 11.6 Å². The molecule has 1 saturated heterocycles. The minimum atomic E-state index is -0.628. The minimum Gasteiger partial charge on any atom is -0.376 e. The number of nitrogens with zero attached hydrogens (tertiary/aromatic N) is 1. The van der Waals surface area contributed by atoms with Crippen LogP contribution in [0.4, 0.5) is 8.78 Å². The summed E-state index contributed by atoms with van der Waals surface area (Å²) in [5, 5.41) is 2.91. The van der Waals surface area contributed by atoms with Gasteiger partial charge in [0.25, 0.3) is 5.91 Å². The number of halogens is 3. The molecule has 3 aromatic rings. The van der Waals surface area contributed by atoms with Crippen LogP contribution in [0, 0.1) is 11.6 Å². The molecule has 4 nitrogen and oxygen atoms in total. The highest BCUT2D eigenvalue weighted by atomic mass is 79.9. The lowest BCUT2D eigenvalue weighted by Gasteiger charge is -2.14. The zero-order valence-electron chi connectivity index (χ0n) is 14.3. The number of rotatable bonds is 5. The van der Waals surface area contributed by atoms with Crippen LogP contribution in [0.25, 0.3) is 10.2 Å². The molecule has 8 heteroatoms. The monoisotopic (exact) mass is 454 g/mol. The Labute approximate surface area is 167 Å². The van der Waals surface area contributed by atoms with Crippen molar-refractivity contribution in [3.8, 4) is 0 Å². The van der Waals surface area contributed by atoms with E-state index in [1.807, 2.05) is 6.07 Å². The van der Waals surface area contributed by atoms with Gasteiger partial charge >= 0.3 is 0 Å². The molecular weight excluding hydrogens is 438 g/mol. The van der Waals surface area contributed by atoms with Crippen molar-refractivity contribution in [2.45, 2.75) is 25.5 Å². The van der Waals surface area contributed by atoms with E-state index >= 15 is 0 Å². The van der Waals surface area contributed by atoms with E-state index in [9.17, 15) is 13.6 Å². The van der Waals surface area contributed by atoms with Crippen molar-refractivity contribution in [3.63, 3.8) is 0 Å². The van der Waals surface area contributed by atoms with Crippen molar-refractivity contribution >= 4 is 43.4 Å². The molecule has 1 fully saturated rings. The molecular formula is C19H17BrF2N2O2S. The van der Waals surface area contributed by atoms with E-state index in [0.717, 1.165) is 39.5 Å². The quantitative estimate of drug-likeness (QED) is 0.606. The molecule has 1 atom stereocenters. The van der Waals surface area contributed by atoms with Gasteiger partial charge in [0.1, 0.15) is 17.3 Å². The molecule has 0 bridgehead atoms. The van der Waals surface area contributed by atoms with Gasteiger partial charge in [-0.3, -0.25) is 4.79 Å². The second-order valence-electron chi connectivity index (χ2n) is 6.50. The van der Waals surface area contributed by atoms with Gasteiger partial charge in [-0.2, -0.15) is 0 Å². The van der Waals surface area contributed by atoms with E-state index in [2.05, 4.69) is 21.2 Å². The molecule has 0 spiro atoms. The Balaban J connectivity index is 1.64. The number of ether oxygens (including phenoxy) is 1. The van der Waals surface area contributed by atoms with E-state index in [4.69, 9.17) is 4.74 Å². The molecule has 27 heavy (non-hydrogen) atoms. The average molecular weight is 455 g/mol. The number of thiophene rings is 1. The van der Waals surface area contributed by atoms with E-state index in [-0.39, 0.29) is 18.6 Å². The smallest absolute Gasteiger partial charge is 0.268 e. The second-order valence-corrected chi connectivity index (χ2v) is 8.96. The standard InChI is InChI=1S/C19H17BrF2N2O2S/c20-18-8-15-17(27-18)7-16(19(25)23-9-13-2-1-5-26-13)24(15)10-11-3-4-12(21)6-14(11)22/h3-4,6-8,13H,1-2,5,9-10H2,(H,23,25)/t13-/m0/s1. The fraction of sp³-hybridized carbons (Fsp3) is 0.316. The summed E-state index contributed by atoms with van der Waals surface area (Å²) in [4.78, 5) is 12.8. The van der Waals surface area contributed by atoms with E-state index in [1.54, 1.807) is 10.6 Å². The largest absolute Gasteiger partial charge is 0.376 e. The van der Waals surface area contributed by atoms with Crippen molar-refractivity contribution < 1.29 is 18.3 Å². The number of hydrogen-bond acceptors (Lipinski definition) is 3. The lowest BCUT2D eigenvalue weighted by atomic mass is 10.2. The van der Waals surface area contributed by atoms with Crippen LogP contribution in [0.5, 0.6) is 0 Å². The minimum absolute atomic E-state index is 0.0437. The lowest BCUT2D eigenvalue weighted by Crippen LogP contribution is -2.33. The number of nitrogens with one attached hydrogen (secondary N) is 1. The zero-order chi connectivity index (χ0) is 19.0. The maximum Gasteiger partial charge on any atom is 0.268 e. The first-order valence-corrected chi connectivity index (χ1v) is 10.2. The van der Waals surface area contributed by atoms with Crippen LogP contribution in [-0.4, -0.2) is 29.7 Å². The number of hydrogen-bond donors (Lipinski definition) is 1. The van der Waals surface area contributed by atoms with Gasteiger partial charge in [0.05, 0.1) is 26.7 Å². The first-order valence-electron chi connectivity index (χ1n) is 8.63. The fourth-order valence-electron chi connectivity index (χ4n) is 3.29. The summed E-state index contributed by atoms with van der Waals surface area (Å²) in [6, 6.07) is 7.19. The summed E-state index contributed by atoms with van der Waals surface area (Å²) in [6.45, 7) is 1.32. The Bertz CT molecular complexity index is 995. The highest BCUT2D eigenvalue weighted by molar-refractivity contribution is 9.11. The van der Waals surface area contributed by atoms with Gasteiger partial charge in [0.2, 0.25) is 0 Å². The van der Waals surface area contributed by atoms with Crippen LogP contribution in [-0.2, 0) is 11.3 Å². The number of amides is 1. The number of aromatic nitrogens is 1. The van der Waals surface area contributed by atoms with Gasteiger partial charge in [0, 0.05) is 24.8 Å². The highest BCUT2D eigenvalue weighted by Crippen LogP contribution is 2.33. The van der Waals surface area contributed by atoms with Gasteiger partial charge < -0.3 is 14.6 Å². The van der Waals surface area contributed by atoms with Crippen molar-refractivity contribution in [3.05, 3.63) is 57.0 Å². The van der Waals surface area contributed by atoms with Gasteiger partial charge in [-0.05, 0) is 47.0 Å². The maximum atomic E-state index is 14.2. The number of benzene rings is 1. The summed E-state index contributed by atoms with van der Waals surface area (Å²) in [5.41, 5.74) is 1.60. The third-order valence-corrected chi connectivity index (χ3v) is 6.22. The first kappa shape index (κ1) is 18.6. The molecule has 1 N–H and O–H groups in total. The molecule has 0 aliphatic carbocycles. The predicted octanol–water partition coefficient (Wildman–Crippen LogP) is 4.70. The SMILES string of the molecule is O=C(NC[C@@H]1CCCO1)c1cc2sc(Br)cc2n1Cc1ccc(F)cc1F. The van der Waals surface area contributed by atoms with Crippen molar-refractivity contribution in [2.75, 3.05) is 13.2 Å². The van der Waals surface area contributed by atoms with Crippen molar-refractivity contribution in [2.24, 2.45) is 0 Å². The van der Waals surface area contributed by atoms with Crippen molar-refractivity contribution in [1.29, 1.82) is 0 Å². The molecule has 142 valence electrons. The molecule has 4 rings (SSSR count). The van der Waals surface area contributed by atoms with Gasteiger partial charge in [-0.25, -0.2) is 8.78 Å². The van der Waals surface area contributed by atoms with Crippen LogP contribution in [0.2, 0.25) is 0 Å². The molecule has 1 aliphatic heterocycles. The maximum absolute atomic E-state index is 14.2. The predicted molar refractivity (Wildman–Crippen MR) is 104 cm³/mol. The van der Waals surface area contributed by atoms with Crippen LogP contribution >= 0.6 is 27.3 Å². The highest BCUT2D eigenvalue weighted by Gasteiger charge is 2.21. The third-order valence-electron chi connectivity index (χ3n) is 4.65. The fourth-order valence-corrected chi connectivity index (χ4v) is 4.86. The zero-order valence-corrected chi connectivity index (χ0v) is 16.7. The molecule has 0 saturated carbocycles. The van der Waals surface area contributed by atoms with Crippen molar-refractivity contribution in [1.82, 2.24) is 9.88 Å². The molecule has 0 radical (unpaired) electrons. The third kappa shape index (κ3) is 3.93. The molecule has 3 heterocycles. The molecule has 2 aromatic heterocycles. The Morgan fingerprint density at radius 1 is 1.33 bits per heavy atom. The van der Waals surface area contributed by atoms with Gasteiger partial charge in [-0.15, -0.1) is 11.3 Å². The van der Waals surface area contributed by atoms with E-state index in [0.29, 0.717) is 17.8 Å². The Morgan fingerprint density at radius 2 is 2.19 bits per heavy atom. The summed E-state index contributed by atoms with van der Waals surface area (Å²) >= 11 is 4.95. The summed E-state index contributed by atoms with van der Waals surface area (Å²) < 4.78 is 36.5. The van der Waals surface area contributed by atoms with E-state index in [1.165, 1.54) is 23.5 Å². The Morgan fingerprint density at radius 3 is 2.93 bits per heavy atom. The van der Waals surface area contributed by atoms with Crippen LogP contribution in [0.1, 0.15) is 28.9 Å². The first-order chi connectivity index (χ1) is 13.0. The lowest BCUT2D eigenvalue weighted by molar-refractivity contribution is 0.0851. The molecule has 1 aromatic carbocycles. The number of carbonyl (C=O) groups is 1. The second kappa shape index (κ2) is 7.69. The topological polar surface area (TPSA) is 43.3 Å². The summed E-state index contributed by atoms with van der Waals surface area (Å²) in [6.07, 6.45) is 1.98. The summed E-state index contributed by atoms with van der Waals surface area (Å²) in [7, 11) is 0. The number of fused-ring (bicyclic) bond motifs is 1. The van der Waals surface area contributed by atoms with Crippen LogP contribution < -0.4 is 5.32 Å². The molecule has 0 unspecified atom stereocenters. The van der Waals surface area contributed by atoms with Crippen LogP contribution in [0.3, 0.4) is 0 Å². The van der Waals surface area contributed by atoms with Gasteiger partial charge in [-0.1, -0.05) is 6.07 Å². The normalized spacial score (nSPS) is 16.9. The number of carbonyl (C=O) groups excluding carboxylic acids is 1. The Hall–Kier alpha value is -1.77. The summed E-state index contributed by atoms with van der Waals surface area (Å²) in [5.74, 6) is -1.48. The van der Waals surface area contributed by atoms with Crippen LogP contribution in [0.15, 0.2) is 34.1 Å².